The van der Waals surface area contributed by atoms with Crippen molar-refractivity contribution >= 4 is 0 Å². The van der Waals surface area contributed by atoms with Crippen molar-refractivity contribution in [3.05, 3.63) is 0 Å². The Hall–Kier alpha value is -0.120. The fourth-order valence-electron chi connectivity index (χ4n) is 1.95. The third-order valence-corrected chi connectivity index (χ3v) is 3.38. The standard InChI is InChI=1S/C11H24N2O/c1-11(10-12)4-7-13(8-5-11)6-3-9-14-2/h3-10,12H2,1-2H3. The van der Waals surface area contributed by atoms with Crippen molar-refractivity contribution in [3.63, 3.8) is 0 Å². The van der Waals surface area contributed by atoms with Gasteiger partial charge in [-0.3, -0.25) is 0 Å². The van der Waals surface area contributed by atoms with Crippen LogP contribution in [0.25, 0.3) is 0 Å². The van der Waals surface area contributed by atoms with Gasteiger partial charge in [0.1, 0.15) is 0 Å². The van der Waals surface area contributed by atoms with Crippen LogP contribution in [0.1, 0.15) is 26.2 Å². The zero-order chi connectivity index (χ0) is 10.4. The molecule has 0 spiro atoms. The maximum Gasteiger partial charge on any atom is 0.0474 e. The highest BCUT2D eigenvalue weighted by atomic mass is 16.5. The molecule has 0 bridgehead atoms. The second kappa shape index (κ2) is 5.69. The normalized spacial score (nSPS) is 22.5. The molecule has 2 N–H and O–H groups in total. The van der Waals surface area contributed by atoms with Gasteiger partial charge in [-0.1, -0.05) is 6.92 Å². The summed E-state index contributed by atoms with van der Waals surface area (Å²) in [7, 11) is 1.77. The van der Waals surface area contributed by atoms with Crippen molar-refractivity contribution in [2.45, 2.75) is 26.2 Å². The van der Waals surface area contributed by atoms with E-state index in [1.807, 2.05) is 0 Å². The molecule has 14 heavy (non-hydrogen) atoms. The van der Waals surface area contributed by atoms with E-state index in [1.165, 1.54) is 32.5 Å². The highest BCUT2D eigenvalue weighted by Crippen LogP contribution is 2.29. The Kier molecular flexibility index (Phi) is 4.85. The lowest BCUT2D eigenvalue weighted by molar-refractivity contribution is 0.110. The lowest BCUT2D eigenvalue weighted by Gasteiger charge is -2.38. The second-order valence-corrected chi connectivity index (χ2v) is 4.70. The Labute approximate surface area is 87.6 Å². The molecule has 0 aromatic carbocycles. The molecule has 0 aliphatic carbocycles. The molecule has 0 aromatic rings. The Morgan fingerprint density at radius 2 is 2.00 bits per heavy atom. The highest BCUT2D eigenvalue weighted by molar-refractivity contribution is 4.82. The first-order valence-electron chi connectivity index (χ1n) is 5.61. The first-order valence-corrected chi connectivity index (χ1v) is 5.61. The SMILES string of the molecule is COCCCN1CCC(C)(CN)CC1. The smallest absolute Gasteiger partial charge is 0.0474 e. The zero-order valence-corrected chi connectivity index (χ0v) is 9.59. The number of methoxy groups -OCH3 is 1. The van der Waals surface area contributed by atoms with E-state index in [2.05, 4.69) is 11.8 Å². The molecule has 0 aromatic heterocycles. The predicted molar refractivity (Wildman–Crippen MR) is 59.3 cm³/mol. The predicted octanol–water partition coefficient (Wildman–Crippen LogP) is 1.08. The fraction of sp³-hybridized carbons (Fsp3) is 1.00. The number of nitrogens with two attached hydrogens (primary N) is 1. The summed E-state index contributed by atoms with van der Waals surface area (Å²) in [5.74, 6) is 0. The van der Waals surface area contributed by atoms with Gasteiger partial charge in [-0.2, -0.15) is 0 Å². The average Bonchev–Trinajstić information content (AvgIpc) is 2.22. The summed E-state index contributed by atoms with van der Waals surface area (Å²) in [6.07, 6.45) is 3.64. The summed E-state index contributed by atoms with van der Waals surface area (Å²) < 4.78 is 5.05. The van der Waals surface area contributed by atoms with E-state index in [0.29, 0.717) is 5.41 Å². The van der Waals surface area contributed by atoms with Gasteiger partial charge in [0.05, 0.1) is 0 Å². The molecule has 3 nitrogen and oxygen atoms in total. The molecule has 0 unspecified atom stereocenters. The van der Waals surface area contributed by atoms with E-state index in [4.69, 9.17) is 10.5 Å². The number of hydrogen-bond donors (Lipinski definition) is 1. The molecular formula is C11H24N2O. The van der Waals surface area contributed by atoms with Crippen LogP contribution in [-0.2, 0) is 4.74 Å². The lowest BCUT2D eigenvalue weighted by atomic mass is 9.80. The maximum atomic E-state index is 5.77. The van der Waals surface area contributed by atoms with Crippen molar-refractivity contribution in [1.82, 2.24) is 4.90 Å². The van der Waals surface area contributed by atoms with E-state index in [1.54, 1.807) is 7.11 Å². The minimum absolute atomic E-state index is 0.401. The van der Waals surface area contributed by atoms with Crippen LogP contribution < -0.4 is 5.73 Å². The Balaban J connectivity index is 2.15. The van der Waals surface area contributed by atoms with Crippen LogP contribution in [0, 0.1) is 5.41 Å². The summed E-state index contributed by atoms with van der Waals surface area (Å²) in [6.45, 7) is 7.60. The number of likely N-dealkylation sites (tertiary alicyclic amines) is 1. The average molecular weight is 200 g/mol. The quantitative estimate of drug-likeness (QED) is 0.675. The summed E-state index contributed by atoms with van der Waals surface area (Å²) in [4.78, 5) is 2.52. The van der Waals surface area contributed by atoms with Gasteiger partial charge in [-0.05, 0) is 44.3 Å². The molecule has 1 heterocycles. The summed E-state index contributed by atoms with van der Waals surface area (Å²) in [6, 6.07) is 0. The minimum atomic E-state index is 0.401. The molecule has 0 amide bonds. The maximum absolute atomic E-state index is 5.77. The van der Waals surface area contributed by atoms with Gasteiger partial charge in [-0.15, -0.1) is 0 Å². The van der Waals surface area contributed by atoms with Crippen LogP contribution in [-0.4, -0.2) is 44.8 Å². The van der Waals surface area contributed by atoms with Gasteiger partial charge >= 0.3 is 0 Å². The van der Waals surface area contributed by atoms with Crippen molar-refractivity contribution < 1.29 is 4.74 Å². The largest absolute Gasteiger partial charge is 0.385 e. The Bertz CT molecular complexity index is 153. The second-order valence-electron chi connectivity index (χ2n) is 4.70. The first-order chi connectivity index (χ1) is 6.70. The minimum Gasteiger partial charge on any atom is -0.385 e. The Morgan fingerprint density at radius 1 is 1.36 bits per heavy atom. The number of piperidine rings is 1. The molecule has 3 heteroatoms. The lowest BCUT2D eigenvalue weighted by Crippen LogP contribution is -2.42. The zero-order valence-electron chi connectivity index (χ0n) is 9.59. The van der Waals surface area contributed by atoms with Crippen LogP contribution in [0.2, 0.25) is 0 Å². The van der Waals surface area contributed by atoms with Crippen molar-refractivity contribution in [2.24, 2.45) is 11.1 Å². The van der Waals surface area contributed by atoms with Gasteiger partial charge in [0, 0.05) is 20.3 Å². The summed E-state index contributed by atoms with van der Waals surface area (Å²) in [5.41, 5.74) is 6.17. The van der Waals surface area contributed by atoms with E-state index in [9.17, 15) is 0 Å². The van der Waals surface area contributed by atoms with E-state index in [0.717, 1.165) is 19.6 Å². The monoisotopic (exact) mass is 200 g/mol. The van der Waals surface area contributed by atoms with Crippen LogP contribution in [0.4, 0.5) is 0 Å². The third-order valence-electron chi connectivity index (χ3n) is 3.38. The van der Waals surface area contributed by atoms with Gasteiger partial charge in [0.25, 0.3) is 0 Å². The molecular weight excluding hydrogens is 176 g/mol. The van der Waals surface area contributed by atoms with Crippen LogP contribution >= 0.6 is 0 Å². The Morgan fingerprint density at radius 3 is 2.50 bits per heavy atom. The van der Waals surface area contributed by atoms with E-state index < -0.39 is 0 Å². The molecule has 1 aliphatic rings. The van der Waals surface area contributed by atoms with Gasteiger partial charge in [0.2, 0.25) is 0 Å². The van der Waals surface area contributed by atoms with E-state index >= 15 is 0 Å². The van der Waals surface area contributed by atoms with Crippen molar-refractivity contribution in [1.29, 1.82) is 0 Å². The molecule has 0 atom stereocenters. The molecule has 84 valence electrons. The molecule has 1 fully saturated rings. The number of hydrogen-bond acceptors (Lipinski definition) is 3. The number of rotatable bonds is 5. The van der Waals surface area contributed by atoms with E-state index in [-0.39, 0.29) is 0 Å². The van der Waals surface area contributed by atoms with Crippen molar-refractivity contribution in [3.8, 4) is 0 Å². The van der Waals surface area contributed by atoms with Crippen LogP contribution in [0.3, 0.4) is 0 Å². The van der Waals surface area contributed by atoms with Gasteiger partial charge in [0.15, 0.2) is 0 Å². The van der Waals surface area contributed by atoms with Crippen molar-refractivity contribution in [2.75, 3.05) is 39.9 Å². The highest BCUT2D eigenvalue weighted by Gasteiger charge is 2.28. The first kappa shape index (κ1) is 12.0. The topological polar surface area (TPSA) is 38.5 Å². The number of ether oxygens (including phenoxy) is 1. The summed E-state index contributed by atoms with van der Waals surface area (Å²) in [5, 5.41) is 0. The van der Waals surface area contributed by atoms with Gasteiger partial charge < -0.3 is 15.4 Å². The number of nitrogens with zero attached hydrogens (tertiary/aromatic N) is 1. The molecule has 1 saturated heterocycles. The summed E-state index contributed by atoms with van der Waals surface area (Å²) >= 11 is 0. The molecule has 1 rings (SSSR count). The fourth-order valence-corrected chi connectivity index (χ4v) is 1.95. The third kappa shape index (κ3) is 3.56. The van der Waals surface area contributed by atoms with Gasteiger partial charge in [-0.25, -0.2) is 0 Å². The van der Waals surface area contributed by atoms with Crippen LogP contribution in [0.5, 0.6) is 0 Å². The molecule has 0 saturated carbocycles. The molecule has 0 radical (unpaired) electrons. The van der Waals surface area contributed by atoms with Crippen LogP contribution in [0.15, 0.2) is 0 Å². The molecule has 1 aliphatic heterocycles.